The first-order valence-electron chi connectivity index (χ1n) is 7.32. The Kier molecular flexibility index (Phi) is 3.35. The molecule has 19 heavy (non-hydrogen) atoms. The molecule has 4 heteroatoms. The molecule has 1 aliphatic carbocycles. The predicted molar refractivity (Wildman–Crippen MR) is 75.4 cm³/mol. The number of fused-ring (bicyclic) bond motifs is 1. The van der Waals surface area contributed by atoms with Crippen LogP contribution in [0.3, 0.4) is 0 Å². The zero-order valence-corrected chi connectivity index (χ0v) is 11.9. The Balaban J connectivity index is 1.74. The molecule has 1 aromatic heterocycles. The maximum absolute atomic E-state index is 12.5. The largest absolute Gasteiger partial charge is 0.354 e. The Labute approximate surface area is 114 Å². The van der Waals surface area contributed by atoms with Gasteiger partial charge in [0.25, 0.3) is 5.91 Å². The zero-order valence-electron chi connectivity index (χ0n) is 11.9. The maximum atomic E-state index is 12.5. The molecule has 1 atom stereocenters. The SMILES string of the molecule is CC1CCc2[nH]c(C(=O)N3CCN(C)CC3)cc2C1. The molecule has 1 N–H and O–H groups in total. The highest BCUT2D eigenvalue weighted by molar-refractivity contribution is 5.93. The fraction of sp³-hybridized carbons (Fsp3) is 0.667. The van der Waals surface area contributed by atoms with Crippen LogP contribution >= 0.6 is 0 Å². The molecule has 1 aromatic rings. The van der Waals surface area contributed by atoms with Crippen LogP contribution in [0, 0.1) is 5.92 Å². The van der Waals surface area contributed by atoms with E-state index in [1.54, 1.807) is 0 Å². The van der Waals surface area contributed by atoms with Crippen molar-refractivity contribution < 1.29 is 4.79 Å². The molecule has 104 valence electrons. The monoisotopic (exact) mass is 261 g/mol. The van der Waals surface area contributed by atoms with Crippen molar-refractivity contribution >= 4 is 5.91 Å². The van der Waals surface area contributed by atoms with Gasteiger partial charge in [-0.25, -0.2) is 0 Å². The van der Waals surface area contributed by atoms with Crippen LogP contribution in [0.1, 0.15) is 35.1 Å². The molecular weight excluding hydrogens is 238 g/mol. The average Bonchev–Trinajstić information content (AvgIpc) is 2.81. The topological polar surface area (TPSA) is 39.3 Å². The number of nitrogens with one attached hydrogen (secondary N) is 1. The summed E-state index contributed by atoms with van der Waals surface area (Å²) in [5.74, 6) is 0.921. The third-order valence-corrected chi connectivity index (χ3v) is 4.47. The van der Waals surface area contributed by atoms with Crippen LogP contribution in [0.15, 0.2) is 6.07 Å². The number of aromatic nitrogens is 1. The van der Waals surface area contributed by atoms with Crippen LogP contribution in [0.5, 0.6) is 0 Å². The fourth-order valence-corrected chi connectivity index (χ4v) is 3.11. The third kappa shape index (κ3) is 2.54. The summed E-state index contributed by atoms with van der Waals surface area (Å²) in [6.07, 6.45) is 3.43. The molecule has 0 radical (unpaired) electrons. The summed E-state index contributed by atoms with van der Waals surface area (Å²) < 4.78 is 0. The fourth-order valence-electron chi connectivity index (χ4n) is 3.11. The van der Waals surface area contributed by atoms with Crippen LogP contribution in [-0.4, -0.2) is 53.9 Å². The normalized spacial score (nSPS) is 24.3. The first-order valence-corrected chi connectivity index (χ1v) is 7.32. The van der Waals surface area contributed by atoms with E-state index >= 15 is 0 Å². The second-order valence-electron chi connectivity index (χ2n) is 6.13. The Morgan fingerprint density at radius 2 is 2.05 bits per heavy atom. The molecule has 4 nitrogen and oxygen atoms in total. The number of carbonyl (C=O) groups excluding carboxylic acids is 1. The Hall–Kier alpha value is -1.29. The van der Waals surface area contributed by atoms with Crippen molar-refractivity contribution in [2.75, 3.05) is 33.2 Å². The molecule has 0 spiro atoms. The minimum absolute atomic E-state index is 0.176. The van der Waals surface area contributed by atoms with Crippen LogP contribution in [0.4, 0.5) is 0 Å². The molecule has 1 fully saturated rings. The molecule has 1 aliphatic heterocycles. The number of aromatic amines is 1. The van der Waals surface area contributed by atoms with Crippen LogP contribution < -0.4 is 0 Å². The second-order valence-corrected chi connectivity index (χ2v) is 6.13. The second kappa shape index (κ2) is 5.00. The number of hydrogen-bond donors (Lipinski definition) is 1. The molecule has 1 amide bonds. The number of amides is 1. The van der Waals surface area contributed by atoms with Gasteiger partial charge in [0, 0.05) is 31.9 Å². The van der Waals surface area contributed by atoms with Crippen molar-refractivity contribution in [2.45, 2.75) is 26.2 Å². The van der Waals surface area contributed by atoms with E-state index in [4.69, 9.17) is 0 Å². The predicted octanol–water partition coefficient (Wildman–Crippen LogP) is 1.53. The number of aryl methyl sites for hydroxylation is 1. The van der Waals surface area contributed by atoms with Crippen molar-refractivity contribution in [3.05, 3.63) is 23.0 Å². The van der Waals surface area contributed by atoms with E-state index in [2.05, 4.69) is 29.9 Å². The zero-order chi connectivity index (χ0) is 13.4. The molecule has 0 bridgehead atoms. The summed E-state index contributed by atoms with van der Waals surface area (Å²) in [6.45, 7) is 5.93. The van der Waals surface area contributed by atoms with Crippen LogP contribution in [0.25, 0.3) is 0 Å². The van der Waals surface area contributed by atoms with Gasteiger partial charge >= 0.3 is 0 Å². The number of carbonyl (C=O) groups is 1. The molecule has 2 aliphatic rings. The molecule has 3 rings (SSSR count). The van der Waals surface area contributed by atoms with Gasteiger partial charge in [-0.3, -0.25) is 4.79 Å². The lowest BCUT2D eigenvalue weighted by molar-refractivity contribution is 0.0658. The summed E-state index contributed by atoms with van der Waals surface area (Å²) in [5, 5.41) is 0. The maximum Gasteiger partial charge on any atom is 0.270 e. The van der Waals surface area contributed by atoms with Gasteiger partial charge in [0.15, 0.2) is 0 Å². The van der Waals surface area contributed by atoms with Crippen molar-refractivity contribution in [1.29, 1.82) is 0 Å². The summed E-state index contributed by atoms with van der Waals surface area (Å²) in [5.41, 5.74) is 3.44. The van der Waals surface area contributed by atoms with Crippen molar-refractivity contribution in [3.63, 3.8) is 0 Å². The third-order valence-electron chi connectivity index (χ3n) is 4.47. The Morgan fingerprint density at radius 3 is 2.79 bits per heavy atom. The number of H-pyrrole nitrogens is 1. The molecule has 1 saturated heterocycles. The molecule has 0 saturated carbocycles. The first kappa shape index (κ1) is 12.7. The molecule has 1 unspecified atom stereocenters. The highest BCUT2D eigenvalue weighted by atomic mass is 16.2. The number of rotatable bonds is 1. The summed E-state index contributed by atoms with van der Waals surface area (Å²) in [4.78, 5) is 20.1. The molecular formula is C15H23N3O. The van der Waals surface area contributed by atoms with Gasteiger partial charge in [-0.05, 0) is 43.9 Å². The van der Waals surface area contributed by atoms with Crippen LogP contribution in [-0.2, 0) is 12.8 Å². The number of nitrogens with zero attached hydrogens (tertiary/aromatic N) is 2. The van der Waals surface area contributed by atoms with E-state index in [1.165, 1.54) is 17.7 Å². The molecule has 2 heterocycles. The summed E-state index contributed by atoms with van der Waals surface area (Å²) in [7, 11) is 2.11. The van der Waals surface area contributed by atoms with Gasteiger partial charge in [0.05, 0.1) is 0 Å². The quantitative estimate of drug-likeness (QED) is 0.832. The lowest BCUT2D eigenvalue weighted by Crippen LogP contribution is -2.47. The van der Waals surface area contributed by atoms with Gasteiger partial charge in [-0.1, -0.05) is 6.92 Å². The highest BCUT2D eigenvalue weighted by Gasteiger charge is 2.24. The lowest BCUT2D eigenvalue weighted by Gasteiger charge is -2.32. The van der Waals surface area contributed by atoms with Crippen molar-refractivity contribution in [1.82, 2.24) is 14.8 Å². The summed E-state index contributed by atoms with van der Waals surface area (Å²) in [6, 6.07) is 2.09. The standard InChI is InChI=1S/C15H23N3O/c1-11-3-4-13-12(9-11)10-14(16-13)15(19)18-7-5-17(2)6-8-18/h10-11,16H,3-9H2,1-2H3. The van der Waals surface area contributed by atoms with E-state index in [-0.39, 0.29) is 5.91 Å². The van der Waals surface area contributed by atoms with E-state index < -0.39 is 0 Å². The first-order chi connectivity index (χ1) is 9.13. The highest BCUT2D eigenvalue weighted by Crippen LogP contribution is 2.26. The average molecular weight is 261 g/mol. The number of likely N-dealkylation sites (N-methyl/N-ethyl adjacent to an activating group) is 1. The Bertz CT molecular complexity index is 472. The smallest absolute Gasteiger partial charge is 0.270 e. The van der Waals surface area contributed by atoms with Crippen LogP contribution in [0.2, 0.25) is 0 Å². The number of hydrogen-bond acceptors (Lipinski definition) is 2. The van der Waals surface area contributed by atoms with E-state index in [9.17, 15) is 4.79 Å². The van der Waals surface area contributed by atoms with Gasteiger partial charge in [-0.2, -0.15) is 0 Å². The minimum atomic E-state index is 0.176. The van der Waals surface area contributed by atoms with Crippen molar-refractivity contribution in [3.8, 4) is 0 Å². The van der Waals surface area contributed by atoms with E-state index in [0.717, 1.165) is 50.6 Å². The molecule has 0 aromatic carbocycles. The number of piperazine rings is 1. The van der Waals surface area contributed by atoms with Gasteiger partial charge in [-0.15, -0.1) is 0 Å². The Morgan fingerprint density at radius 1 is 1.32 bits per heavy atom. The van der Waals surface area contributed by atoms with Gasteiger partial charge in [0.2, 0.25) is 0 Å². The lowest BCUT2D eigenvalue weighted by atomic mass is 9.89. The van der Waals surface area contributed by atoms with E-state index in [0.29, 0.717) is 0 Å². The van der Waals surface area contributed by atoms with Crippen molar-refractivity contribution in [2.24, 2.45) is 5.92 Å². The summed E-state index contributed by atoms with van der Waals surface area (Å²) >= 11 is 0. The van der Waals surface area contributed by atoms with Gasteiger partial charge < -0.3 is 14.8 Å². The van der Waals surface area contributed by atoms with E-state index in [1.807, 2.05) is 4.90 Å². The minimum Gasteiger partial charge on any atom is -0.354 e. The van der Waals surface area contributed by atoms with Gasteiger partial charge in [0.1, 0.15) is 5.69 Å².